The summed E-state index contributed by atoms with van der Waals surface area (Å²) in [5, 5.41) is 26.7. The van der Waals surface area contributed by atoms with Gasteiger partial charge in [0.1, 0.15) is 23.1 Å². The fourth-order valence-corrected chi connectivity index (χ4v) is 13.7. The van der Waals surface area contributed by atoms with E-state index in [-0.39, 0.29) is 34.7 Å². The van der Waals surface area contributed by atoms with E-state index >= 15 is 0 Å². The Morgan fingerprint density at radius 2 is 1.76 bits per heavy atom. The zero-order chi connectivity index (χ0) is 49.2. The fraction of sp³-hybridized carbons (Fsp3) is 0.519. The molecule has 71 heavy (non-hydrogen) atoms. The molecule has 3 atom stereocenters. The molecule has 0 bridgehead atoms. The third kappa shape index (κ3) is 9.23. The van der Waals surface area contributed by atoms with Gasteiger partial charge in [0.05, 0.1) is 45.9 Å². The highest BCUT2D eigenvalue weighted by Crippen LogP contribution is 2.55. The second-order valence-electron chi connectivity index (χ2n) is 21.8. The minimum Gasteiger partial charge on any atom is -0.470 e. The van der Waals surface area contributed by atoms with Crippen LogP contribution in [0.2, 0.25) is 0 Å². The van der Waals surface area contributed by atoms with Crippen molar-refractivity contribution in [2.24, 2.45) is 11.3 Å². The number of pyridine rings is 1. The molecule has 5 fully saturated rings. The Kier molecular flexibility index (Phi) is 12.5. The van der Waals surface area contributed by atoms with Gasteiger partial charge in [-0.3, -0.25) is 19.8 Å². The zero-order valence-corrected chi connectivity index (χ0v) is 41.8. The van der Waals surface area contributed by atoms with E-state index in [1.54, 1.807) is 6.07 Å². The molecule has 4 aliphatic heterocycles. The van der Waals surface area contributed by atoms with E-state index in [1.807, 2.05) is 42.3 Å². The van der Waals surface area contributed by atoms with Crippen LogP contribution in [0, 0.1) is 21.4 Å². The lowest BCUT2D eigenvalue weighted by molar-refractivity contribution is -0.384. The number of nitrogens with zero attached hydrogens (tertiary/aromatic N) is 5. The van der Waals surface area contributed by atoms with Crippen molar-refractivity contribution in [3.63, 3.8) is 0 Å². The maximum Gasteiger partial charge on any atom is 0.293 e. The largest absolute Gasteiger partial charge is 0.470 e. The molecule has 1 amide bonds. The van der Waals surface area contributed by atoms with Gasteiger partial charge < -0.3 is 34.7 Å². The molecule has 1 spiro atoms. The number of ether oxygens (including phenoxy) is 2. The van der Waals surface area contributed by atoms with Crippen LogP contribution in [0.1, 0.15) is 125 Å². The predicted molar refractivity (Wildman–Crippen MR) is 273 cm³/mol. The van der Waals surface area contributed by atoms with Crippen LogP contribution in [0.3, 0.4) is 0 Å². The Labute approximate surface area is 415 Å². The zero-order valence-electron chi connectivity index (χ0n) is 40.9. The fourth-order valence-electron chi connectivity index (χ4n) is 12.7. The average Bonchev–Trinajstić information content (AvgIpc) is 4.03. The number of piperidine rings is 1. The molecular weight excluding hydrogens is 921 g/mol. The second kappa shape index (κ2) is 18.7. The highest BCUT2D eigenvalue weighted by molar-refractivity contribution is 7.90. The molecule has 16 nitrogen and oxygen atoms in total. The normalized spacial score (nSPS) is 25.6. The van der Waals surface area contributed by atoms with Crippen LogP contribution in [0.25, 0.3) is 11.0 Å². The summed E-state index contributed by atoms with van der Waals surface area (Å²) >= 11 is 0. The number of benzene rings is 3. The standard InChI is InChI=1S/C54H66N8O8S/c1-34(2)40-7-4-5-8-41(40)44-9-6-23-60(44)38-30-54(31-38)20-24-59(25-21-54)37-10-12-42(45(28-37)61-47-27-36-16-22-55-50(36)57-52(47)70-49-17-26-69-33-48(49)61)51(63)58-71(67,68)39-11-13-43(46(29-39)62(65)66)56-32-35-14-18-53(3,64)19-15-35/h4-5,7-8,10-13,16,22,27-29,34-35,38,44,48-49,56,64H,6,9,14-15,17-21,23-26,30-33H2,1-3H3,(H,55,57)(H,58,63)/t35?,44-,48-,49+,53?/m0/s1. The Morgan fingerprint density at radius 1 is 0.972 bits per heavy atom. The number of aromatic nitrogens is 2. The lowest BCUT2D eigenvalue weighted by atomic mass is 9.59. The van der Waals surface area contributed by atoms with Crippen molar-refractivity contribution < 1.29 is 32.7 Å². The van der Waals surface area contributed by atoms with E-state index < -0.39 is 37.0 Å². The molecule has 4 N–H and O–H groups in total. The molecule has 3 saturated heterocycles. The highest BCUT2D eigenvalue weighted by Gasteiger charge is 2.50. The minimum absolute atomic E-state index is 0.109. The van der Waals surface area contributed by atoms with Crippen molar-refractivity contribution in [3.8, 4) is 5.88 Å². The van der Waals surface area contributed by atoms with Gasteiger partial charge in [0, 0.05) is 61.5 Å². The average molecular weight is 987 g/mol. The van der Waals surface area contributed by atoms with Gasteiger partial charge in [0.25, 0.3) is 21.6 Å². The SMILES string of the molecule is CC(C)c1ccccc1[C@@H]1CCCN1C1CC2(CCN(c3ccc(C(=O)NS(=O)(=O)c4ccc(NCC5CCC(C)(O)CC5)c([N+](=O)[O-])c4)c(N4c5cc6cc[nH]c6nc5O[C@@H]5CCOC[C@@H]54)c3)CC2)C1. The number of hydrogen-bond donors (Lipinski definition) is 4. The summed E-state index contributed by atoms with van der Waals surface area (Å²) in [4.78, 5) is 41.3. The van der Waals surface area contributed by atoms with Crippen LogP contribution >= 0.6 is 0 Å². The number of anilines is 4. The monoisotopic (exact) mass is 986 g/mol. The number of nitrogens with one attached hydrogen (secondary N) is 3. The van der Waals surface area contributed by atoms with Crippen molar-refractivity contribution in [2.45, 2.75) is 132 Å². The van der Waals surface area contributed by atoms with E-state index in [2.05, 4.69) is 62.9 Å². The first-order chi connectivity index (χ1) is 34.1. The lowest BCUT2D eigenvalue weighted by Crippen LogP contribution is -2.55. The summed E-state index contributed by atoms with van der Waals surface area (Å²) in [6.07, 6.45) is 11.8. The number of aromatic amines is 1. The quantitative estimate of drug-likeness (QED) is 0.0683. The van der Waals surface area contributed by atoms with Gasteiger partial charge in [-0.2, -0.15) is 4.98 Å². The smallest absolute Gasteiger partial charge is 0.293 e. The number of fused-ring (bicyclic) bond motifs is 3. The number of H-pyrrole nitrogens is 1. The van der Waals surface area contributed by atoms with Crippen LogP contribution in [0.15, 0.2) is 83.9 Å². The first-order valence-corrected chi connectivity index (χ1v) is 27.2. The number of rotatable bonds is 12. The van der Waals surface area contributed by atoms with Gasteiger partial charge >= 0.3 is 0 Å². The number of aliphatic hydroxyl groups is 1. The molecule has 0 radical (unpaired) electrons. The molecule has 376 valence electrons. The molecule has 0 unspecified atom stereocenters. The number of nitro groups is 1. The van der Waals surface area contributed by atoms with E-state index in [0.29, 0.717) is 79.9 Å². The first kappa shape index (κ1) is 47.6. The van der Waals surface area contributed by atoms with Crippen molar-refractivity contribution in [1.29, 1.82) is 0 Å². The number of carbonyl (C=O) groups is 1. The van der Waals surface area contributed by atoms with Gasteiger partial charge in [-0.25, -0.2) is 13.1 Å². The summed E-state index contributed by atoms with van der Waals surface area (Å²) in [5.41, 5.74) is 5.10. The van der Waals surface area contributed by atoms with Crippen molar-refractivity contribution in [1.82, 2.24) is 19.6 Å². The van der Waals surface area contributed by atoms with Crippen LogP contribution in [-0.4, -0.2) is 102 Å². The van der Waals surface area contributed by atoms with Gasteiger partial charge in [-0.1, -0.05) is 38.1 Å². The number of sulfonamides is 1. The highest BCUT2D eigenvalue weighted by atomic mass is 32.2. The van der Waals surface area contributed by atoms with Crippen LogP contribution in [-0.2, 0) is 14.8 Å². The molecule has 2 aliphatic carbocycles. The van der Waals surface area contributed by atoms with Gasteiger partial charge in [-0.05, 0) is 149 Å². The van der Waals surface area contributed by atoms with Crippen molar-refractivity contribution >= 4 is 55.4 Å². The number of nitro benzene ring substituents is 1. The second-order valence-corrected chi connectivity index (χ2v) is 23.5. The van der Waals surface area contributed by atoms with Crippen LogP contribution in [0.4, 0.5) is 28.4 Å². The van der Waals surface area contributed by atoms with E-state index in [9.17, 15) is 28.4 Å². The summed E-state index contributed by atoms with van der Waals surface area (Å²) in [6, 6.07) is 22.8. The molecule has 6 heterocycles. The molecule has 17 heteroatoms. The summed E-state index contributed by atoms with van der Waals surface area (Å²) < 4.78 is 43.2. The van der Waals surface area contributed by atoms with Gasteiger partial charge in [-0.15, -0.1) is 0 Å². The molecule has 3 aromatic carbocycles. The first-order valence-electron chi connectivity index (χ1n) is 25.7. The van der Waals surface area contributed by atoms with E-state index in [0.717, 1.165) is 62.5 Å². The Bertz CT molecular complexity index is 2930. The summed E-state index contributed by atoms with van der Waals surface area (Å²) in [7, 11) is -4.62. The predicted octanol–water partition coefficient (Wildman–Crippen LogP) is 9.34. The maximum absolute atomic E-state index is 14.7. The Balaban J connectivity index is 0.863. The molecule has 2 aromatic heterocycles. The number of amides is 1. The van der Waals surface area contributed by atoms with Crippen molar-refractivity contribution in [3.05, 3.63) is 106 Å². The van der Waals surface area contributed by atoms with Gasteiger partial charge in [0.2, 0.25) is 5.88 Å². The molecule has 6 aliphatic rings. The summed E-state index contributed by atoms with van der Waals surface area (Å²) in [5.74, 6) is 0.207. The number of carbonyl (C=O) groups excluding carboxylic acids is 1. The number of likely N-dealkylation sites (tertiary alicyclic amines) is 1. The third-order valence-corrected chi connectivity index (χ3v) is 18.1. The third-order valence-electron chi connectivity index (χ3n) is 16.8. The van der Waals surface area contributed by atoms with Crippen LogP contribution in [0.5, 0.6) is 5.88 Å². The summed E-state index contributed by atoms with van der Waals surface area (Å²) in [6.45, 7) is 10.5. The molecular formula is C54H66N8O8S. The topological polar surface area (TPSA) is 196 Å². The van der Waals surface area contributed by atoms with E-state index in [1.165, 1.54) is 48.9 Å². The number of hydrogen-bond acceptors (Lipinski definition) is 13. The van der Waals surface area contributed by atoms with Gasteiger partial charge in [0.15, 0.2) is 0 Å². The minimum atomic E-state index is -4.62. The Hall–Kier alpha value is -5.75. The maximum atomic E-state index is 14.7. The van der Waals surface area contributed by atoms with E-state index in [4.69, 9.17) is 14.5 Å². The molecule has 11 rings (SSSR count). The van der Waals surface area contributed by atoms with Crippen LogP contribution < -0.4 is 24.6 Å². The molecule has 2 saturated carbocycles. The Morgan fingerprint density at radius 3 is 2.54 bits per heavy atom. The molecule has 5 aromatic rings. The lowest BCUT2D eigenvalue weighted by Gasteiger charge is -2.56. The van der Waals surface area contributed by atoms with Crippen molar-refractivity contribution in [2.75, 3.05) is 54.5 Å².